The van der Waals surface area contributed by atoms with Crippen LogP contribution in [-0.2, 0) is 29.6 Å². The molecule has 1 heterocycles. The maximum Gasteiger partial charge on any atom is 0.231 e. The van der Waals surface area contributed by atoms with Gasteiger partial charge in [0, 0.05) is 6.42 Å². The Kier molecular flexibility index (Phi) is 4.48. The molecule has 0 radical (unpaired) electrons. The van der Waals surface area contributed by atoms with Gasteiger partial charge in [0.05, 0.1) is 6.54 Å². The van der Waals surface area contributed by atoms with Gasteiger partial charge in [-0.3, -0.25) is 4.79 Å². The van der Waals surface area contributed by atoms with E-state index in [2.05, 4.69) is 22.2 Å². The van der Waals surface area contributed by atoms with Crippen LogP contribution in [0.15, 0.2) is 54.6 Å². The molecular weight excluding hydrogens is 343 g/mol. The lowest BCUT2D eigenvalue weighted by Crippen LogP contribution is -2.31. The van der Waals surface area contributed by atoms with Crippen molar-refractivity contribution in [2.75, 3.05) is 0 Å². The Labute approximate surface area is 157 Å². The van der Waals surface area contributed by atoms with E-state index in [1.807, 2.05) is 18.2 Å². The van der Waals surface area contributed by atoms with Crippen molar-refractivity contribution in [3.05, 3.63) is 83.2 Å². The minimum atomic E-state index is -0.710. The molecular formula is C21H21FN4O. The van der Waals surface area contributed by atoms with Crippen molar-refractivity contribution >= 4 is 5.91 Å². The summed E-state index contributed by atoms with van der Waals surface area (Å²) < 4.78 is 14.9. The Morgan fingerprint density at radius 1 is 1.04 bits per heavy atom. The maximum atomic E-state index is 13.2. The van der Waals surface area contributed by atoms with Gasteiger partial charge in [0.25, 0.3) is 0 Å². The second-order valence-electron chi connectivity index (χ2n) is 7.07. The molecule has 0 unspecified atom stereocenters. The lowest BCUT2D eigenvalue weighted by molar-refractivity contribution is -0.120. The van der Waals surface area contributed by atoms with E-state index in [1.165, 1.54) is 17.7 Å². The van der Waals surface area contributed by atoms with Crippen LogP contribution in [0.4, 0.5) is 4.39 Å². The van der Waals surface area contributed by atoms with Gasteiger partial charge in [-0.05, 0) is 42.5 Å². The topological polar surface area (TPSA) is 73.8 Å². The van der Waals surface area contributed by atoms with Crippen LogP contribution in [0.1, 0.15) is 35.6 Å². The van der Waals surface area contributed by atoms with Gasteiger partial charge in [0.15, 0.2) is 5.82 Å². The fourth-order valence-electron chi connectivity index (χ4n) is 3.33. The fourth-order valence-corrected chi connectivity index (χ4v) is 3.33. The molecule has 138 valence electrons. The number of primary amides is 1. The molecule has 2 N–H and O–H groups in total. The molecule has 4 rings (SSSR count). The number of aryl methyl sites for hydroxylation is 2. The molecule has 0 bridgehead atoms. The number of halogens is 1. The third-order valence-corrected chi connectivity index (χ3v) is 5.09. The van der Waals surface area contributed by atoms with Gasteiger partial charge in [-0.25, -0.2) is 14.1 Å². The smallest absolute Gasteiger partial charge is 0.231 e. The highest BCUT2D eigenvalue weighted by molar-refractivity contribution is 5.88. The minimum Gasteiger partial charge on any atom is -0.369 e. The Morgan fingerprint density at radius 3 is 2.37 bits per heavy atom. The maximum absolute atomic E-state index is 13.2. The molecule has 27 heavy (non-hydrogen) atoms. The first-order valence-electron chi connectivity index (χ1n) is 9.09. The average molecular weight is 364 g/mol. The van der Waals surface area contributed by atoms with E-state index in [4.69, 9.17) is 5.73 Å². The minimum absolute atomic E-state index is 0.281. The highest BCUT2D eigenvalue weighted by Crippen LogP contribution is 2.47. The number of amides is 1. The van der Waals surface area contributed by atoms with Gasteiger partial charge < -0.3 is 5.73 Å². The van der Waals surface area contributed by atoms with Gasteiger partial charge in [-0.2, -0.15) is 5.10 Å². The van der Waals surface area contributed by atoms with Crippen LogP contribution in [0.5, 0.6) is 0 Å². The third-order valence-electron chi connectivity index (χ3n) is 5.09. The number of aromatic nitrogens is 3. The zero-order chi connectivity index (χ0) is 18.9. The SMILES string of the molecule is NC(=O)C1(c2nc(CCc3ccccc3)nn2Cc2ccc(F)cc2)CC1. The molecule has 1 amide bonds. The van der Waals surface area contributed by atoms with Crippen molar-refractivity contribution in [1.82, 2.24) is 14.8 Å². The number of carbonyl (C=O) groups is 1. The molecule has 1 fully saturated rings. The Hall–Kier alpha value is -3.02. The predicted octanol–water partition coefficient (Wildman–Crippen LogP) is 2.77. The van der Waals surface area contributed by atoms with E-state index in [-0.39, 0.29) is 11.7 Å². The third kappa shape index (κ3) is 3.60. The number of hydrogen-bond acceptors (Lipinski definition) is 3. The molecule has 1 aliphatic rings. The monoisotopic (exact) mass is 364 g/mol. The summed E-state index contributed by atoms with van der Waals surface area (Å²) in [6, 6.07) is 16.4. The molecule has 0 spiro atoms. The molecule has 6 heteroatoms. The van der Waals surface area contributed by atoms with Crippen LogP contribution in [0.25, 0.3) is 0 Å². The summed E-state index contributed by atoms with van der Waals surface area (Å²) in [6.45, 7) is 0.434. The number of nitrogens with zero attached hydrogens (tertiary/aromatic N) is 3. The molecule has 1 aliphatic carbocycles. The Balaban J connectivity index is 1.61. The standard InChI is InChI=1S/C21H21FN4O/c22-17-9-6-16(7-10-17)14-26-20(21(12-13-21)19(23)27)24-18(25-26)11-8-15-4-2-1-3-5-15/h1-7,9-10H,8,11-14H2,(H2,23,27). The van der Waals surface area contributed by atoms with Crippen LogP contribution < -0.4 is 5.73 Å². The Morgan fingerprint density at radius 2 is 1.74 bits per heavy atom. The van der Waals surface area contributed by atoms with E-state index in [0.29, 0.717) is 37.5 Å². The summed E-state index contributed by atoms with van der Waals surface area (Å²) in [7, 11) is 0. The van der Waals surface area contributed by atoms with Gasteiger partial charge in [-0.15, -0.1) is 0 Å². The molecule has 1 aromatic heterocycles. The first-order valence-corrected chi connectivity index (χ1v) is 9.09. The fraction of sp³-hybridized carbons (Fsp3) is 0.286. The molecule has 5 nitrogen and oxygen atoms in total. The van der Waals surface area contributed by atoms with Gasteiger partial charge in [-0.1, -0.05) is 42.5 Å². The largest absolute Gasteiger partial charge is 0.369 e. The summed E-state index contributed by atoms with van der Waals surface area (Å²) in [6.07, 6.45) is 2.90. The van der Waals surface area contributed by atoms with Crippen molar-refractivity contribution in [3.8, 4) is 0 Å². The van der Waals surface area contributed by atoms with Crippen LogP contribution in [-0.4, -0.2) is 20.7 Å². The normalized spacial score (nSPS) is 14.9. The van der Waals surface area contributed by atoms with Crippen molar-refractivity contribution in [2.45, 2.75) is 37.6 Å². The van der Waals surface area contributed by atoms with Gasteiger partial charge in [0.2, 0.25) is 5.91 Å². The molecule has 1 saturated carbocycles. The molecule has 3 aromatic rings. The summed E-state index contributed by atoms with van der Waals surface area (Å²) in [5.41, 5.74) is 7.05. The van der Waals surface area contributed by atoms with E-state index in [1.54, 1.807) is 16.8 Å². The van der Waals surface area contributed by atoms with Crippen LogP contribution in [0, 0.1) is 5.82 Å². The molecule has 0 atom stereocenters. The van der Waals surface area contributed by atoms with Crippen LogP contribution >= 0.6 is 0 Å². The second kappa shape index (κ2) is 6.95. The number of carbonyl (C=O) groups excluding carboxylic acids is 1. The number of nitrogens with two attached hydrogens (primary N) is 1. The van der Waals surface area contributed by atoms with E-state index < -0.39 is 5.41 Å². The van der Waals surface area contributed by atoms with Crippen LogP contribution in [0.3, 0.4) is 0 Å². The highest BCUT2D eigenvalue weighted by Gasteiger charge is 2.54. The van der Waals surface area contributed by atoms with Gasteiger partial charge >= 0.3 is 0 Å². The molecule has 0 saturated heterocycles. The predicted molar refractivity (Wildman–Crippen MR) is 99.5 cm³/mol. The average Bonchev–Trinajstić information content (AvgIpc) is 3.39. The summed E-state index contributed by atoms with van der Waals surface area (Å²) in [5.74, 6) is 0.688. The van der Waals surface area contributed by atoms with Crippen molar-refractivity contribution < 1.29 is 9.18 Å². The number of rotatable bonds is 7. The lowest BCUT2D eigenvalue weighted by Gasteiger charge is -2.12. The quantitative estimate of drug-likeness (QED) is 0.701. The van der Waals surface area contributed by atoms with Crippen molar-refractivity contribution in [1.29, 1.82) is 0 Å². The number of hydrogen-bond donors (Lipinski definition) is 1. The van der Waals surface area contributed by atoms with Crippen molar-refractivity contribution in [3.63, 3.8) is 0 Å². The lowest BCUT2D eigenvalue weighted by atomic mass is 10.1. The zero-order valence-corrected chi connectivity index (χ0v) is 14.9. The van der Waals surface area contributed by atoms with E-state index in [9.17, 15) is 9.18 Å². The first kappa shape index (κ1) is 17.4. The second-order valence-corrected chi connectivity index (χ2v) is 7.07. The summed E-state index contributed by atoms with van der Waals surface area (Å²) in [4.78, 5) is 16.7. The molecule has 0 aliphatic heterocycles. The van der Waals surface area contributed by atoms with E-state index >= 15 is 0 Å². The number of benzene rings is 2. The first-order chi connectivity index (χ1) is 13.1. The Bertz CT molecular complexity index is 946. The van der Waals surface area contributed by atoms with Crippen LogP contribution in [0.2, 0.25) is 0 Å². The molecule has 2 aromatic carbocycles. The van der Waals surface area contributed by atoms with Gasteiger partial charge in [0.1, 0.15) is 17.1 Å². The zero-order valence-electron chi connectivity index (χ0n) is 14.9. The summed E-state index contributed by atoms with van der Waals surface area (Å²) >= 11 is 0. The van der Waals surface area contributed by atoms with Crippen molar-refractivity contribution in [2.24, 2.45) is 5.73 Å². The summed E-state index contributed by atoms with van der Waals surface area (Å²) in [5, 5.41) is 4.64. The van der Waals surface area contributed by atoms with E-state index in [0.717, 1.165) is 12.0 Å². The highest BCUT2D eigenvalue weighted by atomic mass is 19.1.